The molecular formula is C20H28N2O4. The van der Waals surface area contributed by atoms with Crippen LogP contribution in [0.4, 0.5) is 0 Å². The lowest BCUT2D eigenvalue weighted by Crippen LogP contribution is -2.48. The molecule has 26 heavy (non-hydrogen) atoms. The van der Waals surface area contributed by atoms with Gasteiger partial charge in [-0.15, -0.1) is 0 Å². The van der Waals surface area contributed by atoms with E-state index in [4.69, 9.17) is 9.57 Å². The molecule has 0 aliphatic carbocycles. The van der Waals surface area contributed by atoms with Crippen molar-refractivity contribution in [3.05, 3.63) is 35.4 Å². The Morgan fingerprint density at radius 2 is 2.12 bits per heavy atom. The molecule has 0 radical (unpaired) electrons. The molecule has 1 aromatic rings. The van der Waals surface area contributed by atoms with Gasteiger partial charge in [-0.1, -0.05) is 29.4 Å². The van der Waals surface area contributed by atoms with Crippen molar-refractivity contribution in [2.24, 2.45) is 10.6 Å². The molecule has 0 bridgehead atoms. The summed E-state index contributed by atoms with van der Waals surface area (Å²) in [5.74, 6) is -0.0189. The van der Waals surface area contributed by atoms with Crippen LogP contribution in [0.25, 0.3) is 0 Å². The summed E-state index contributed by atoms with van der Waals surface area (Å²) in [6, 6.07) is 8.13. The Balaban J connectivity index is 1.67. The number of carbonyl (C=O) groups is 1. The lowest BCUT2D eigenvalue weighted by Gasteiger charge is -2.37. The van der Waals surface area contributed by atoms with Crippen molar-refractivity contribution < 1.29 is 19.5 Å². The average molecular weight is 360 g/mol. The van der Waals surface area contributed by atoms with E-state index in [0.717, 1.165) is 11.3 Å². The largest absolute Gasteiger partial charge is 0.392 e. The Labute approximate surface area is 154 Å². The van der Waals surface area contributed by atoms with E-state index in [9.17, 15) is 9.90 Å². The lowest BCUT2D eigenvalue weighted by atomic mass is 9.74. The van der Waals surface area contributed by atoms with Gasteiger partial charge < -0.3 is 20.0 Å². The minimum Gasteiger partial charge on any atom is -0.392 e. The van der Waals surface area contributed by atoms with E-state index in [2.05, 4.69) is 29.5 Å². The van der Waals surface area contributed by atoms with Crippen molar-refractivity contribution in [2.75, 3.05) is 19.8 Å². The maximum atomic E-state index is 12.8. The third-order valence-electron chi connectivity index (χ3n) is 5.30. The van der Waals surface area contributed by atoms with E-state index in [0.29, 0.717) is 38.9 Å². The second kappa shape index (κ2) is 8.18. The number of hydrogen-bond donors (Lipinski definition) is 2. The number of carbonyl (C=O) groups excluding carboxylic acids is 1. The summed E-state index contributed by atoms with van der Waals surface area (Å²) in [5.41, 5.74) is 2.70. The Morgan fingerprint density at radius 3 is 2.81 bits per heavy atom. The van der Waals surface area contributed by atoms with Crippen molar-refractivity contribution in [1.82, 2.24) is 5.32 Å². The van der Waals surface area contributed by atoms with Crippen LogP contribution < -0.4 is 5.32 Å². The molecule has 1 saturated heterocycles. The summed E-state index contributed by atoms with van der Waals surface area (Å²) < 4.78 is 5.47. The summed E-state index contributed by atoms with van der Waals surface area (Å²) in [7, 11) is 0. The van der Waals surface area contributed by atoms with E-state index in [1.54, 1.807) is 6.92 Å². The normalized spacial score (nSPS) is 23.0. The Morgan fingerprint density at radius 1 is 1.38 bits per heavy atom. The molecule has 2 heterocycles. The molecule has 1 fully saturated rings. The van der Waals surface area contributed by atoms with E-state index in [1.807, 2.05) is 12.1 Å². The molecule has 2 atom stereocenters. The van der Waals surface area contributed by atoms with Crippen molar-refractivity contribution in [2.45, 2.75) is 51.7 Å². The standard InChI is InChI=1S/C20H28N2O4/c1-14-5-3-4-6-17(14)18-11-16(26-22-18)12-20(7-9-25-10-8-20)19(24)21-13-15(2)23/h3-6,15-16,23H,7-13H2,1-2H3,(H,21,24). The van der Waals surface area contributed by atoms with Crippen molar-refractivity contribution >= 4 is 11.6 Å². The SMILES string of the molecule is Cc1ccccc1C1=NOC(CC2(C(=O)NCC(C)O)CCOCC2)C1. The minimum atomic E-state index is -0.561. The highest BCUT2D eigenvalue weighted by molar-refractivity contribution is 6.02. The number of oxime groups is 1. The fourth-order valence-corrected chi connectivity index (χ4v) is 3.74. The molecule has 6 nitrogen and oxygen atoms in total. The van der Waals surface area contributed by atoms with Gasteiger partial charge in [-0.05, 0) is 32.3 Å². The van der Waals surface area contributed by atoms with Crippen molar-refractivity contribution in [1.29, 1.82) is 0 Å². The maximum absolute atomic E-state index is 12.8. The molecule has 0 spiro atoms. The number of nitrogens with one attached hydrogen (secondary N) is 1. The zero-order valence-electron chi connectivity index (χ0n) is 15.5. The van der Waals surface area contributed by atoms with Gasteiger partial charge >= 0.3 is 0 Å². The first kappa shape index (κ1) is 18.9. The molecule has 2 N–H and O–H groups in total. The van der Waals surface area contributed by atoms with E-state index < -0.39 is 11.5 Å². The van der Waals surface area contributed by atoms with Gasteiger partial charge in [-0.2, -0.15) is 0 Å². The van der Waals surface area contributed by atoms with Gasteiger partial charge in [0.25, 0.3) is 0 Å². The first-order valence-electron chi connectivity index (χ1n) is 9.33. The molecule has 6 heteroatoms. The highest BCUT2D eigenvalue weighted by atomic mass is 16.6. The van der Waals surface area contributed by atoms with Gasteiger partial charge in [0.2, 0.25) is 5.91 Å². The number of benzene rings is 1. The molecule has 2 unspecified atom stereocenters. The smallest absolute Gasteiger partial charge is 0.226 e. The number of amides is 1. The van der Waals surface area contributed by atoms with Crippen LogP contribution in [0.2, 0.25) is 0 Å². The molecule has 2 aliphatic rings. The number of aliphatic hydroxyl groups excluding tert-OH is 1. The zero-order valence-corrected chi connectivity index (χ0v) is 15.5. The van der Waals surface area contributed by atoms with Crippen LogP contribution in [0.1, 0.15) is 43.7 Å². The monoisotopic (exact) mass is 360 g/mol. The van der Waals surface area contributed by atoms with Crippen LogP contribution in [0.15, 0.2) is 29.4 Å². The molecular weight excluding hydrogens is 332 g/mol. The summed E-state index contributed by atoms with van der Waals surface area (Å²) in [6.07, 6.45) is 1.98. The first-order valence-corrected chi connectivity index (χ1v) is 9.33. The summed E-state index contributed by atoms with van der Waals surface area (Å²) in [6.45, 7) is 5.13. The van der Waals surface area contributed by atoms with Crippen molar-refractivity contribution in [3.63, 3.8) is 0 Å². The fraction of sp³-hybridized carbons (Fsp3) is 0.600. The molecule has 0 aromatic heterocycles. The molecule has 0 saturated carbocycles. The second-order valence-electron chi connectivity index (χ2n) is 7.44. The van der Waals surface area contributed by atoms with Crippen LogP contribution in [-0.2, 0) is 14.4 Å². The van der Waals surface area contributed by atoms with Gasteiger partial charge in [0.05, 0.1) is 17.2 Å². The van der Waals surface area contributed by atoms with E-state index in [-0.39, 0.29) is 18.6 Å². The Bertz CT molecular complexity index is 666. The number of ether oxygens (including phenoxy) is 1. The molecule has 3 rings (SSSR count). The van der Waals surface area contributed by atoms with Crippen LogP contribution in [0.5, 0.6) is 0 Å². The summed E-state index contributed by atoms with van der Waals surface area (Å²) >= 11 is 0. The summed E-state index contributed by atoms with van der Waals surface area (Å²) in [4.78, 5) is 18.5. The predicted octanol–water partition coefficient (Wildman–Crippen LogP) is 2.17. The molecule has 142 valence electrons. The van der Waals surface area contributed by atoms with Gasteiger partial charge in [0.15, 0.2) is 0 Å². The summed E-state index contributed by atoms with van der Waals surface area (Å²) in [5, 5.41) is 16.6. The van der Waals surface area contributed by atoms with Crippen molar-refractivity contribution in [3.8, 4) is 0 Å². The second-order valence-corrected chi connectivity index (χ2v) is 7.44. The number of hydrogen-bond acceptors (Lipinski definition) is 5. The maximum Gasteiger partial charge on any atom is 0.226 e. The van der Waals surface area contributed by atoms with Crippen LogP contribution in [0, 0.1) is 12.3 Å². The first-order chi connectivity index (χ1) is 12.5. The third-order valence-corrected chi connectivity index (χ3v) is 5.30. The Hall–Kier alpha value is -1.92. The average Bonchev–Trinajstić information content (AvgIpc) is 3.08. The van der Waals surface area contributed by atoms with Gasteiger partial charge in [0, 0.05) is 38.2 Å². The predicted molar refractivity (Wildman–Crippen MR) is 99.0 cm³/mol. The quantitative estimate of drug-likeness (QED) is 0.815. The van der Waals surface area contributed by atoms with Crippen LogP contribution >= 0.6 is 0 Å². The minimum absolute atomic E-state index is 0.0189. The van der Waals surface area contributed by atoms with E-state index >= 15 is 0 Å². The molecule has 1 aromatic carbocycles. The number of aryl methyl sites for hydroxylation is 1. The lowest BCUT2D eigenvalue weighted by molar-refractivity contribution is -0.140. The fourth-order valence-electron chi connectivity index (χ4n) is 3.74. The topological polar surface area (TPSA) is 80.2 Å². The Kier molecular flexibility index (Phi) is 5.94. The zero-order chi connectivity index (χ0) is 18.6. The van der Waals surface area contributed by atoms with Crippen LogP contribution in [0.3, 0.4) is 0 Å². The number of nitrogens with zero attached hydrogens (tertiary/aromatic N) is 1. The molecule has 2 aliphatic heterocycles. The molecule has 1 amide bonds. The van der Waals surface area contributed by atoms with Gasteiger partial charge in [-0.25, -0.2) is 0 Å². The third kappa shape index (κ3) is 4.24. The van der Waals surface area contributed by atoms with Gasteiger partial charge in [-0.3, -0.25) is 4.79 Å². The highest BCUT2D eigenvalue weighted by Crippen LogP contribution is 2.38. The van der Waals surface area contributed by atoms with Gasteiger partial charge in [0.1, 0.15) is 6.10 Å². The number of aliphatic hydroxyl groups is 1. The van der Waals surface area contributed by atoms with E-state index in [1.165, 1.54) is 5.56 Å². The number of rotatable bonds is 6. The highest BCUT2D eigenvalue weighted by Gasteiger charge is 2.43. The van der Waals surface area contributed by atoms with Crippen LogP contribution in [-0.4, -0.2) is 48.7 Å².